The van der Waals surface area contributed by atoms with Gasteiger partial charge in [0.1, 0.15) is 23.2 Å². The third kappa shape index (κ3) is 9.09. The molecule has 4 N–H and O–H groups in total. The minimum atomic E-state index is -1.41. The van der Waals surface area contributed by atoms with Crippen LogP contribution in [-0.4, -0.2) is 58.7 Å². The number of nitrogens with one attached hydrogen (secondary N) is 4. The third-order valence-electron chi connectivity index (χ3n) is 6.27. The normalized spacial score (nSPS) is 13.1. The lowest BCUT2D eigenvalue weighted by atomic mass is 10.00. The van der Waals surface area contributed by atoms with Crippen LogP contribution in [0.15, 0.2) is 60.8 Å². The maximum Gasteiger partial charge on any atom is 0.408 e. The molecular weight excluding hydrogens is 524 g/mol. The molecule has 0 unspecified atom stereocenters. The van der Waals surface area contributed by atoms with Crippen molar-refractivity contribution in [3.8, 4) is 0 Å². The fourth-order valence-electron chi connectivity index (χ4n) is 4.24. The van der Waals surface area contributed by atoms with Gasteiger partial charge in [-0.25, -0.2) is 9.59 Å². The van der Waals surface area contributed by atoms with E-state index in [0.717, 1.165) is 22.0 Å². The van der Waals surface area contributed by atoms with E-state index in [1.807, 2.05) is 54.6 Å². The second kappa shape index (κ2) is 13.3. The van der Waals surface area contributed by atoms with Gasteiger partial charge in [-0.2, -0.15) is 0 Å². The molecule has 0 spiro atoms. The zero-order valence-electron chi connectivity index (χ0n) is 24.5. The summed E-state index contributed by atoms with van der Waals surface area (Å²) in [5, 5.41) is 9.04. The summed E-state index contributed by atoms with van der Waals surface area (Å²) in [7, 11) is 0. The van der Waals surface area contributed by atoms with Crippen molar-refractivity contribution < 1.29 is 28.7 Å². The quantitative estimate of drug-likeness (QED) is 0.262. The molecule has 3 rings (SSSR count). The van der Waals surface area contributed by atoms with E-state index in [1.54, 1.807) is 33.9 Å². The molecule has 41 heavy (non-hydrogen) atoms. The van der Waals surface area contributed by atoms with Gasteiger partial charge in [-0.15, -0.1) is 0 Å². The summed E-state index contributed by atoms with van der Waals surface area (Å²) in [6.45, 7) is 10.0. The predicted octanol–water partition coefficient (Wildman–Crippen LogP) is 3.79. The number of ether oxygens (including phenoxy) is 2. The zero-order chi connectivity index (χ0) is 30.2. The van der Waals surface area contributed by atoms with Crippen molar-refractivity contribution >= 4 is 34.8 Å². The number of aromatic amines is 1. The van der Waals surface area contributed by atoms with Gasteiger partial charge in [-0.1, -0.05) is 48.5 Å². The second-order valence-electron chi connectivity index (χ2n) is 11.3. The van der Waals surface area contributed by atoms with Crippen molar-refractivity contribution in [2.24, 2.45) is 0 Å². The Morgan fingerprint density at radius 1 is 0.854 bits per heavy atom. The van der Waals surface area contributed by atoms with Crippen molar-refractivity contribution in [2.45, 2.75) is 77.6 Å². The van der Waals surface area contributed by atoms with E-state index in [0.29, 0.717) is 0 Å². The van der Waals surface area contributed by atoms with Crippen LogP contribution in [0.2, 0.25) is 0 Å². The first kappa shape index (κ1) is 31.2. The topological polar surface area (TPSA) is 139 Å². The van der Waals surface area contributed by atoms with Crippen LogP contribution in [0, 0.1) is 0 Å². The zero-order valence-corrected chi connectivity index (χ0v) is 24.5. The molecule has 1 heterocycles. The number of benzene rings is 2. The number of amides is 3. The molecule has 10 heteroatoms. The molecule has 0 saturated carbocycles. The fourth-order valence-corrected chi connectivity index (χ4v) is 4.24. The predicted molar refractivity (Wildman–Crippen MR) is 156 cm³/mol. The summed E-state index contributed by atoms with van der Waals surface area (Å²) >= 11 is 0. The Bertz CT molecular complexity index is 1360. The molecule has 0 saturated heterocycles. The Balaban J connectivity index is 1.86. The largest absolute Gasteiger partial charge is 0.464 e. The summed E-state index contributed by atoms with van der Waals surface area (Å²) in [6.07, 6.45) is 1.37. The molecule has 0 aliphatic rings. The van der Waals surface area contributed by atoms with E-state index in [1.165, 1.54) is 13.8 Å². The molecular formula is C31H40N4O6. The van der Waals surface area contributed by atoms with Crippen LogP contribution >= 0.6 is 0 Å². The number of esters is 1. The number of rotatable bonds is 11. The van der Waals surface area contributed by atoms with Crippen LogP contribution in [0.1, 0.15) is 52.7 Å². The number of carbonyl (C=O) groups excluding carboxylic acids is 4. The maximum atomic E-state index is 13.7. The van der Waals surface area contributed by atoms with Gasteiger partial charge in [0.15, 0.2) is 0 Å². The van der Waals surface area contributed by atoms with E-state index in [4.69, 9.17) is 9.47 Å². The summed E-state index contributed by atoms with van der Waals surface area (Å²) in [5.41, 5.74) is 0.356. The SMILES string of the molecule is CCOC(=O)[C@@H](Cc1ccccc1)NC(=O)[C@@H](Cc1c[nH]c2ccccc12)NC(=O)C(C)(C)NC(=O)OC(C)(C)C. The van der Waals surface area contributed by atoms with Gasteiger partial charge in [0.25, 0.3) is 0 Å². The van der Waals surface area contributed by atoms with Gasteiger partial charge < -0.3 is 30.4 Å². The van der Waals surface area contributed by atoms with E-state index in [-0.39, 0.29) is 19.4 Å². The Morgan fingerprint density at radius 2 is 1.51 bits per heavy atom. The van der Waals surface area contributed by atoms with Crippen LogP contribution in [0.3, 0.4) is 0 Å². The van der Waals surface area contributed by atoms with Gasteiger partial charge in [-0.05, 0) is 58.7 Å². The van der Waals surface area contributed by atoms with Gasteiger partial charge in [0.05, 0.1) is 6.61 Å². The Hall–Kier alpha value is -4.34. The minimum absolute atomic E-state index is 0.130. The van der Waals surface area contributed by atoms with Crippen molar-refractivity contribution in [1.82, 2.24) is 20.9 Å². The number of para-hydroxylation sites is 1. The smallest absolute Gasteiger partial charge is 0.408 e. The molecule has 0 fully saturated rings. The van der Waals surface area contributed by atoms with Gasteiger partial charge in [0.2, 0.25) is 11.8 Å². The van der Waals surface area contributed by atoms with Crippen LogP contribution < -0.4 is 16.0 Å². The maximum absolute atomic E-state index is 13.7. The number of hydrogen-bond donors (Lipinski definition) is 4. The number of fused-ring (bicyclic) bond motifs is 1. The summed E-state index contributed by atoms with van der Waals surface area (Å²) < 4.78 is 10.5. The summed E-state index contributed by atoms with van der Waals surface area (Å²) in [4.78, 5) is 55.6. The lowest BCUT2D eigenvalue weighted by Crippen LogP contribution is -2.60. The summed E-state index contributed by atoms with van der Waals surface area (Å²) in [5.74, 6) is -1.74. The highest BCUT2D eigenvalue weighted by molar-refractivity contribution is 5.95. The van der Waals surface area contributed by atoms with Crippen LogP contribution in [0.5, 0.6) is 0 Å². The van der Waals surface area contributed by atoms with Crippen molar-refractivity contribution in [3.05, 3.63) is 71.9 Å². The Morgan fingerprint density at radius 3 is 2.17 bits per heavy atom. The van der Waals surface area contributed by atoms with Crippen LogP contribution in [0.25, 0.3) is 10.9 Å². The van der Waals surface area contributed by atoms with E-state index >= 15 is 0 Å². The minimum Gasteiger partial charge on any atom is -0.464 e. The molecule has 0 aliphatic carbocycles. The van der Waals surface area contributed by atoms with E-state index in [2.05, 4.69) is 20.9 Å². The molecule has 10 nitrogen and oxygen atoms in total. The van der Waals surface area contributed by atoms with Crippen LogP contribution in [0.4, 0.5) is 4.79 Å². The van der Waals surface area contributed by atoms with Crippen LogP contribution in [-0.2, 0) is 36.7 Å². The van der Waals surface area contributed by atoms with Gasteiger partial charge in [0, 0.05) is 29.9 Å². The average Bonchev–Trinajstić information content (AvgIpc) is 3.29. The Labute approximate surface area is 240 Å². The number of carbonyl (C=O) groups is 4. The fraction of sp³-hybridized carbons (Fsp3) is 0.419. The highest BCUT2D eigenvalue weighted by atomic mass is 16.6. The molecule has 0 aliphatic heterocycles. The molecule has 1 aromatic heterocycles. The van der Waals surface area contributed by atoms with Crippen molar-refractivity contribution in [3.63, 3.8) is 0 Å². The van der Waals surface area contributed by atoms with E-state index < -0.39 is 47.1 Å². The molecule has 2 atom stereocenters. The van der Waals surface area contributed by atoms with Crippen molar-refractivity contribution in [1.29, 1.82) is 0 Å². The summed E-state index contributed by atoms with van der Waals surface area (Å²) in [6, 6.07) is 14.8. The Kier molecular flexibility index (Phi) is 10.2. The lowest BCUT2D eigenvalue weighted by Gasteiger charge is -2.30. The number of H-pyrrole nitrogens is 1. The third-order valence-corrected chi connectivity index (χ3v) is 6.27. The molecule has 0 radical (unpaired) electrons. The highest BCUT2D eigenvalue weighted by Crippen LogP contribution is 2.20. The molecule has 3 aromatic rings. The molecule has 3 amide bonds. The first-order valence-electron chi connectivity index (χ1n) is 13.7. The number of aromatic nitrogens is 1. The van der Waals surface area contributed by atoms with E-state index in [9.17, 15) is 19.2 Å². The first-order chi connectivity index (χ1) is 19.3. The first-order valence-corrected chi connectivity index (χ1v) is 13.7. The molecule has 220 valence electrons. The van der Waals surface area contributed by atoms with Gasteiger partial charge in [-0.3, -0.25) is 9.59 Å². The van der Waals surface area contributed by atoms with Gasteiger partial charge >= 0.3 is 12.1 Å². The standard InChI is InChI=1S/C31H40N4O6/c1-7-40-27(37)25(17-20-13-9-8-10-14-20)33-26(36)24(18-21-19-32-23-16-12-11-15-22(21)23)34-28(38)31(5,6)35-29(39)41-30(2,3)4/h8-16,19,24-25,32H,7,17-18H2,1-6H3,(H,33,36)(H,34,38)(H,35,39)/t24-,25-/m1/s1. The monoisotopic (exact) mass is 564 g/mol. The highest BCUT2D eigenvalue weighted by Gasteiger charge is 2.35. The second-order valence-corrected chi connectivity index (χ2v) is 11.3. The lowest BCUT2D eigenvalue weighted by molar-refractivity contribution is -0.147. The average molecular weight is 565 g/mol. The number of alkyl carbamates (subject to hydrolysis) is 1. The molecule has 0 bridgehead atoms. The number of hydrogen-bond acceptors (Lipinski definition) is 6. The van der Waals surface area contributed by atoms with Crippen molar-refractivity contribution in [2.75, 3.05) is 6.61 Å². The molecule has 2 aromatic carbocycles.